The summed E-state index contributed by atoms with van der Waals surface area (Å²) in [6.07, 6.45) is -1.85. The van der Waals surface area contributed by atoms with Gasteiger partial charge in [0.2, 0.25) is 0 Å². The maximum atomic E-state index is 12.6. The second-order valence-electron chi connectivity index (χ2n) is 3.85. The molecule has 0 aliphatic carbocycles. The molecule has 1 aromatic carbocycles. The van der Waals surface area contributed by atoms with Crippen molar-refractivity contribution in [2.24, 2.45) is 0 Å². The van der Waals surface area contributed by atoms with Crippen molar-refractivity contribution in [3.8, 4) is 0 Å². The maximum Gasteiger partial charge on any atom is 0.298 e. The van der Waals surface area contributed by atoms with Gasteiger partial charge in [0.05, 0.1) is 6.04 Å². The van der Waals surface area contributed by atoms with Crippen molar-refractivity contribution in [1.29, 1.82) is 0 Å². The number of hydrogen-bond acceptors (Lipinski definition) is 3. The van der Waals surface area contributed by atoms with Crippen molar-refractivity contribution in [2.75, 3.05) is 11.4 Å². The van der Waals surface area contributed by atoms with Gasteiger partial charge in [0.1, 0.15) is 5.52 Å². The van der Waals surface area contributed by atoms with Gasteiger partial charge in [-0.3, -0.25) is 0 Å². The summed E-state index contributed by atoms with van der Waals surface area (Å²) in [6, 6.07) is 6.82. The zero-order chi connectivity index (χ0) is 11.1. The summed E-state index contributed by atoms with van der Waals surface area (Å²) >= 11 is 0. The molecule has 0 radical (unpaired) electrons. The van der Waals surface area contributed by atoms with E-state index in [1.54, 1.807) is 12.1 Å². The quantitative estimate of drug-likeness (QED) is 0.785. The lowest BCUT2D eigenvalue weighted by Crippen LogP contribution is -2.52. The van der Waals surface area contributed by atoms with Crippen LogP contribution in [0, 0.1) is 0 Å². The van der Waals surface area contributed by atoms with E-state index in [-0.39, 0.29) is 0 Å². The number of rotatable bonds is 2. The first-order chi connectivity index (χ1) is 7.75. The van der Waals surface area contributed by atoms with E-state index in [4.69, 9.17) is 4.42 Å². The molecule has 84 valence electrons. The second kappa shape index (κ2) is 3.43. The van der Waals surface area contributed by atoms with Crippen molar-refractivity contribution >= 4 is 17.1 Å². The molecular weight excluding hydrogens is 214 g/mol. The molecule has 1 aliphatic rings. The number of oxazole rings is 1. The number of halogens is 2. The molecule has 0 saturated carbocycles. The Morgan fingerprint density at radius 1 is 1.38 bits per heavy atom. The molecule has 3 rings (SSSR count). The highest BCUT2D eigenvalue weighted by molar-refractivity contribution is 5.74. The molecule has 1 unspecified atom stereocenters. The average Bonchev–Trinajstić information content (AvgIpc) is 2.57. The van der Waals surface area contributed by atoms with Gasteiger partial charge in [0.25, 0.3) is 12.4 Å². The third kappa shape index (κ3) is 1.35. The molecule has 1 fully saturated rings. The highest BCUT2D eigenvalue weighted by Crippen LogP contribution is 2.31. The summed E-state index contributed by atoms with van der Waals surface area (Å²) in [6.45, 7) is 0.585. The van der Waals surface area contributed by atoms with Crippen molar-refractivity contribution in [3.05, 3.63) is 24.3 Å². The van der Waals surface area contributed by atoms with Crippen LogP contribution in [0.4, 0.5) is 14.8 Å². The summed E-state index contributed by atoms with van der Waals surface area (Å²) in [5.41, 5.74) is 1.34. The summed E-state index contributed by atoms with van der Waals surface area (Å²) in [7, 11) is 0. The smallest absolute Gasteiger partial charge is 0.298 e. The Bertz CT molecular complexity index is 478. The minimum Gasteiger partial charge on any atom is -0.423 e. The summed E-state index contributed by atoms with van der Waals surface area (Å²) in [5, 5.41) is 0. The molecule has 5 heteroatoms. The van der Waals surface area contributed by atoms with Gasteiger partial charge in [-0.05, 0) is 18.6 Å². The number of anilines is 1. The third-order valence-corrected chi connectivity index (χ3v) is 2.89. The van der Waals surface area contributed by atoms with Gasteiger partial charge in [0.15, 0.2) is 5.58 Å². The van der Waals surface area contributed by atoms with Gasteiger partial charge in [-0.15, -0.1) is 0 Å². The highest BCUT2D eigenvalue weighted by Gasteiger charge is 2.38. The van der Waals surface area contributed by atoms with E-state index < -0.39 is 12.5 Å². The minimum absolute atomic E-state index is 0.303. The summed E-state index contributed by atoms with van der Waals surface area (Å²) in [5.74, 6) is 0. The molecule has 1 saturated heterocycles. The first-order valence-electron chi connectivity index (χ1n) is 5.16. The van der Waals surface area contributed by atoms with Crippen molar-refractivity contribution in [1.82, 2.24) is 4.98 Å². The molecule has 3 nitrogen and oxygen atoms in total. The van der Waals surface area contributed by atoms with Gasteiger partial charge in [-0.25, -0.2) is 8.78 Å². The van der Waals surface area contributed by atoms with Crippen molar-refractivity contribution < 1.29 is 13.2 Å². The third-order valence-electron chi connectivity index (χ3n) is 2.89. The predicted octanol–water partition coefficient (Wildman–Crippen LogP) is 2.67. The second-order valence-corrected chi connectivity index (χ2v) is 3.85. The fourth-order valence-corrected chi connectivity index (χ4v) is 1.89. The molecule has 2 heterocycles. The Kier molecular flexibility index (Phi) is 2.05. The first kappa shape index (κ1) is 9.57. The molecule has 1 atom stereocenters. The van der Waals surface area contributed by atoms with Crippen LogP contribution in [0.3, 0.4) is 0 Å². The fraction of sp³-hybridized carbons (Fsp3) is 0.364. The molecule has 1 aliphatic heterocycles. The SMILES string of the molecule is FC(F)C1CCN1c1nc2ccccc2o1. The van der Waals surface area contributed by atoms with E-state index in [2.05, 4.69) is 4.98 Å². The number of aromatic nitrogens is 1. The van der Waals surface area contributed by atoms with Crippen molar-refractivity contribution in [3.63, 3.8) is 0 Å². The Hall–Kier alpha value is -1.65. The van der Waals surface area contributed by atoms with Crippen LogP contribution in [0.2, 0.25) is 0 Å². The van der Waals surface area contributed by atoms with Crippen LogP contribution in [0.25, 0.3) is 11.1 Å². The number of alkyl halides is 2. The zero-order valence-corrected chi connectivity index (χ0v) is 8.44. The normalized spacial score (nSPS) is 20.4. The number of benzene rings is 1. The van der Waals surface area contributed by atoms with Crippen LogP contribution < -0.4 is 4.90 Å². The molecule has 2 aromatic rings. The standard InChI is InChI=1S/C11H10F2N2O/c12-10(13)8-5-6-15(8)11-14-7-3-1-2-4-9(7)16-11/h1-4,8,10H,5-6H2. The fourth-order valence-electron chi connectivity index (χ4n) is 1.89. The van der Waals surface area contributed by atoms with Gasteiger partial charge in [0, 0.05) is 6.54 Å². The monoisotopic (exact) mass is 224 g/mol. The van der Waals surface area contributed by atoms with E-state index in [9.17, 15) is 8.78 Å². The van der Waals surface area contributed by atoms with Crippen LogP contribution in [0.15, 0.2) is 28.7 Å². The average molecular weight is 224 g/mol. The minimum atomic E-state index is -2.34. The molecule has 1 aromatic heterocycles. The van der Waals surface area contributed by atoms with Crippen LogP contribution in [-0.4, -0.2) is 24.0 Å². The number of hydrogen-bond donors (Lipinski definition) is 0. The van der Waals surface area contributed by atoms with Gasteiger partial charge < -0.3 is 9.32 Å². The number of fused-ring (bicyclic) bond motifs is 1. The summed E-state index contributed by atoms with van der Waals surface area (Å²) in [4.78, 5) is 5.71. The Labute approximate surface area is 90.7 Å². The van der Waals surface area contributed by atoms with Gasteiger partial charge in [-0.1, -0.05) is 12.1 Å². The zero-order valence-electron chi connectivity index (χ0n) is 8.44. The first-order valence-corrected chi connectivity index (χ1v) is 5.16. The van der Waals surface area contributed by atoms with E-state index in [1.165, 1.54) is 4.90 Å². The largest absolute Gasteiger partial charge is 0.423 e. The van der Waals surface area contributed by atoms with E-state index >= 15 is 0 Å². The number of nitrogens with zero attached hydrogens (tertiary/aromatic N) is 2. The summed E-state index contributed by atoms with van der Waals surface area (Å²) < 4.78 is 30.6. The van der Waals surface area contributed by atoms with E-state index in [0.29, 0.717) is 30.1 Å². The molecular formula is C11H10F2N2O. The van der Waals surface area contributed by atoms with Crippen LogP contribution in [0.1, 0.15) is 6.42 Å². The van der Waals surface area contributed by atoms with Gasteiger partial charge in [-0.2, -0.15) is 4.98 Å². The Morgan fingerprint density at radius 3 is 2.81 bits per heavy atom. The lowest BCUT2D eigenvalue weighted by atomic mass is 10.1. The molecule has 0 N–H and O–H groups in total. The highest BCUT2D eigenvalue weighted by atomic mass is 19.3. The lowest BCUT2D eigenvalue weighted by Gasteiger charge is -2.38. The molecule has 0 amide bonds. The van der Waals surface area contributed by atoms with E-state index in [0.717, 1.165) is 0 Å². The number of para-hydroxylation sites is 2. The van der Waals surface area contributed by atoms with Gasteiger partial charge >= 0.3 is 0 Å². The van der Waals surface area contributed by atoms with Crippen molar-refractivity contribution in [2.45, 2.75) is 18.9 Å². The predicted molar refractivity (Wildman–Crippen MR) is 55.8 cm³/mol. The van der Waals surface area contributed by atoms with Crippen LogP contribution in [0.5, 0.6) is 0 Å². The topological polar surface area (TPSA) is 29.3 Å². The molecule has 0 bridgehead atoms. The maximum absolute atomic E-state index is 12.6. The van der Waals surface area contributed by atoms with Crippen LogP contribution >= 0.6 is 0 Å². The Morgan fingerprint density at radius 2 is 2.19 bits per heavy atom. The molecule has 0 spiro atoms. The lowest BCUT2D eigenvalue weighted by molar-refractivity contribution is 0.0846. The Balaban J connectivity index is 1.94. The van der Waals surface area contributed by atoms with E-state index in [1.807, 2.05) is 12.1 Å². The molecule has 16 heavy (non-hydrogen) atoms. The van der Waals surface area contributed by atoms with Crippen LogP contribution in [-0.2, 0) is 0 Å².